The van der Waals surface area contributed by atoms with Crippen molar-refractivity contribution in [3.63, 3.8) is 0 Å². The minimum atomic E-state index is -3.89. The Morgan fingerprint density at radius 1 is 1.24 bits per heavy atom. The van der Waals surface area contributed by atoms with Crippen LogP contribution in [0.15, 0.2) is 35.4 Å². The standard InChI is InChI=1S/C27H37N7O6S/c1-27(2,3)24(34-15-21(30-31-34)18-7-8-18)26(38)33-14-19(35)12-22(33)25(37)29-13-17-5-4-6-20(11-17)41(39,40)32-10-9-28-23(36)16-32/h4-6,11,15,18-19,22,24,35H,7-10,12-14,16H2,1-3H3,(H,28,36)(H,29,37)/t19-,22+,24-/m1/s1. The van der Waals surface area contributed by atoms with Gasteiger partial charge in [0.15, 0.2) is 0 Å². The Morgan fingerprint density at radius 2 is 2.00 bits per heavy atom. The number of carbonyl (C=O) groups excluding carboxylic acids is 3. The molecule has 1 aromatic heterocycles. The van der Waals surface area contributed by atoms with E-state index in [4.69, 9.17) is 0 Å². The second-order valence-corrected chi connectivity index (χ2v) is 14.1. The van der Waals surface area contributed by atoms with E-state index in [1.54, 1.807) is 16.8 Å². The molecule has 1 aliphatic carbocycles. The minimum Gasteiger partial charge on any atom is -0.391 e. The molecule has 3 amide bonds. The summed E-state index contributed by atoms with van der Waals surface area (Å²) in [5, 5.41) is 24.4. The van der Waals surface area contributed by atoms with Crippen molar-refractivity contribution in [2.75, 3.05) is 26.2 Å². The van der Waals surface area contributed by atoms with Gasteiger partial charge in [-0.25, -0.2) is 13.1 Å². The van der Waals surface area contributed by atoms with Gasteiger partial charge < -0.3 is 20.6 Å². The van der Waals surface area contributed by atoms with Crippen LogP contribution in [-0.4, -0.2) is 93.8 Å². The number of benzene rings is 1. The number of rotatable bonds is 8. The Labute approximate surface area is 239 Å². The first-order valence-corrected chi connectivity index (χ1v) is 15.3. The molecule has 0 spiro atoms. The number of sulfonamides is 1. The van der Waals surface area contributed by atoms with E-state index in [-0.39, 0.29) is 55.9 Å². The summed E-state index contributed by atoms with van der Waals surface area (Å²) in [7, 11) is -3.89. The Bertz CT molecular complexity index is 1430. The molecule has 1 saturated carbocycles. The minimum absolute atomic E-state index is 0.0187. The maximum absolute atomic E-state index is 13.9. The quantitative estimate of drug-likeness (QED) is 0.392. The lowest BCUT2D eigenvalue weighted by Gasteiger charge is -2.34. The van der Waals surface area contributed by atoms with Crippen LogP contribution in [0.5, 0.6) is 0 Å². The van der Waals surface area contributed by atoms with E-state index < -0.39 is 39.5 Å². The van der Waals surface area contributed by atoms with E-state index in [9.17, 15) is 27.9 Å². The van der Waals surface area contributed by atoms with Gasteiger partial charge in [0, 0.05) is 44.7 Å². The molecule has 3 N–H and O–H groups in total. The van der Waals surface area contributed by atoms with Crippen LogP contribution in [0.1, 0.15) is 63.3 Å². The van der Waals surface area contributed by atoms with E-state index in [2.05, 4.69) is 20.9 Å². The predicted molar refractivity (Wildman–Crippen MR) is 147 cm³/mol. The van der Waals surface area contributed by atoms with Crippen molar-refractivity contribution in [1.29, 1.82) is 0 Å². The summed E-state index contributed by atoms with van der Waals surface area (Å²) in [4.78, 5) is 40.4. The highest BCUT2D eigenvalue weighted by Crippen LogP contribution is 2.40. The van der Waals surface area contributed by atoms with Crippen molar-refractivity contribution >= 4 is 27.7 Å². The Morgan fingerprint density at radius 3 is 2.68 bits per heavy atom. The lowest BCUT2D eigenvalue weighted by molar-refractivity contribution is -0.144. The average Bonchev–Trinajstić information content (AvgIpc) is 3.53. The van der Waals surface area contributed by atoms with E-state index in [0.717, 1.165) is 22.8 Å². The highest BCUT2D eigenvalue weighted by atomic mass is 32.2. The van der Waals surface area contributed by atoms with Crippen LogP contribution in [0.2, 0.25) is 0 Å². The van der Waals surface area contributed by atoms with Crippen LogP contribution in [0, 0.1) is 5.41 Å². The molecule has 3 heterocycles. The maximum Gasteiger partial charge on any atom is 0.248 e. The van der Waals surface area contributed by atoms with E-state index in [0.29, 0.717) is 11.5 Å². The molecular formula is C27H37N7O6S. The van der Waals surface area contributed by atoms with Gasteiger partial charge >= 0.3 is 0 Å². The number of hydrogen-bond acceptors (Lipinski definition) is 8. The molecule has 2 aliphatic heterocycles. The molecule has 5 rings (SSSR count). The Kier molecular flexibility index (Phi) is 7.92. The largest absolute Gasteiger partial charge is 0.391 e. The molecule has 2 saturated heterocycles. The predicted octanol–water partition coefficient (Wildman–Crippen LogP) is 0.141. The van der Waals surface area contributed by atoms with Crippen molar-refractivity contribution < 1.29 is 27.9 Å². The van der Waals surface area contributed by atoms with Gasteiger partial charge in [0.25, 0.3) is 0 Å². The number of β-amino-alcohol motifs (C(OH)–C–C–N with tert-alkyl or cyclic N) is 1. The summed E-state index contributed by atoms with van der Waals surface area (Å²) in [5.74, 6) is -0.748. The summed E-state index contributed by atoms with van der Waals surface area (Å²) in [6.45, 7) is 5.98. The number of likely N-dealkylation sites (tertiary alicyclic amines) is 1. The molecular weight excluding hydrogens is 550 g/mol. The Balaban J connectivity index is 1.29. The first-order valence-electron chi connectivity index (χ1n) is 13.9. The number of nitrogens with one attached hydrogen (secondary N) is 2. The molecule has 41 heavy (non-hydrogen) atoms. The van der Waals surface area contributed by atoms with Crippen molar-refractivity contribution in [1.82, 2.24) is 34.8 Å². The number of hydrogen-bond donors (Lipinski definition) is 3. The summed E-state index contributed by atoms with van der Waals surface area (Å²) < 4.78 is 28.8. The highest BCUT2D eigenvalue weighted by molar-refractivity contribution is 7.89. The third-order valence-electron chi connectivity index (χ3n) is 7.71. The first kappa shape index (κ1) is 29.1. The molecule has 13 nitrogen and oxygen atoms in total. The smallest absolute Gasteiger partial charge is 0.248 e. The second kappa shape index (κ2) is 11.1. The third kappa shape index (κ3) is 6.28. The van der Waals surface area contributed by atoms with Crippen molar-refractivity contribution in [3.05, 3.63) is 41.7 Å². The van der Waals surface area contributed by atoms with Crippen molar-refractivity contribution in [2.24, 2.45) is 5.41 Å². The molecule has 14 heteroatoms. The van der Waals surface area contributed by atoms with Gasteiger partial charge in [0.1, 0.15) is 12.1 Å². The summed E-state index contributed by atoms with van der Waals surface area (Å²) in [6.07, 6.45) is 3.15. The fraction of sp³-hybridized carbons (Fsp3) is 0.593. The van der Waals surface area contributed by atoms with Crippen LogP contribution in [0.4, 0.5) is 0 Å². The van der Waals surface area contributed by atoms with Crippen LogP contribution in [0.3, 0.4) is 0 Å². The number of piperazine rings is 1. The van der Waals surface area contributed by atoms with Crippen molar-refractivity contribution in [3.8, 4) is 0 Å². The average molecular weight is 588 g/mol. The third-order valence-corrected chi connectivity index (χ3v) is 9.55. The van der Waals surface area contributed by atoms with Gasteiger partial charge in [0.05, 0.1) is 23.2 Å². The van der Waals surface area contributed by atoms with Crippen LogP contribution < -0.4 is 10.6 Å². The van der Waals surface area contributed by atoms with Gasteiger partial charge in [-0.05, 0) is 36.0 Å². The zero-order chi connectivity index (χ0) is 29.5. The highest BCUT2D eigenvalue weighted by Gasteiger charge is 2.45. The Hall–Kier alpha value is -3.36. The molecule has 3 fully saturated rings. The van der Waals surface area contributed by atoms with Crippen LogP contribution in [-0.2, 0) is 31.0 Å². The van der Waals surface area contributed by atoms with Crippen molar-refractivity contribution in [2.45, 2.75) is 75.6 Å². The lowest BCUT2D eigenvalue weighted by Crippen LogP contribution is -2.50. The van der Waals surface area contributed by atoms with E-state index in [1.807, 2.05) is 27.0 Å². The molecule has 1 aromatic carbocycles. The molecule has 0 radical (unpaired) electrons. The summed E-state index contributed by atoms with van der Waals surface area (Å²) >= 11 is 0. The van der Waals surface area contributed by atoms with Gasteiger partial charge in [-0.3, -0.25) is 14.4 Å². The first-order chi connectivity index (χ1) is 19.3. The molecule has 3 atom stereocenters. The molecule has 0 unspecified atom stereocenters. The van der Waals surface area contributed by atoms with Crippen LogP contribution >= 0.6 is 0 Å². The zero-order valence-electron chi connectivity index (χ0n) is 23.5. The monoisotopic (exact) mass is 587 g/mol. The zero-order valence-corrected chi connectivity index (χ0v) is 24.3. The van der Waals surface area contributed by atoms with Gasteiger partial charge in [-0.2, -0.15) is 4.31 Å². The number of aliphatic hydroxyl groups is 1. The fourth-order valence-corrected chi connectivity index (χ4v) is 6.89. The summed E-state index contributed by atoms with van der Waals surface area (Å²) in [5.41, 5.74) is 0.858. The van der Waals surface area contributed by atoms with E-state index >= 15 is 0 Å². The number of nitrogens with zero attached hydrogens (tertiary/aromatic N) is 5. The van der Waals surface area contributed by atoms with Crippen LogP contribution in [0.25, 0.3) is 0 Å². The topological polar surface area (TPSA) is 167 Å². The maximum atomic E-state index is 13.9. The number of aliphatic hydroxyl groups excluding tert-OH is 1. The fourth-order valence-electron chi connectivity index (χ4n) is 5.42. The normalized spacial score (nSPS) is 22.8. The molecule has 222 valence electrons. The van der Waals surface area contributed by atoms with Gasteiger partial charge in [-0.15, -0.1) is 5.10 Å². The molecule has 0 bridgehead atoms. The molecule has 3 aliphatic rings. The lowest BCUT2D eigenvalue weighted by atomic mass is 9.85. The molecule has 2 aromatic rings. The van der Waals surface area contributed by atoms with Gasteiger partial charge in [0.2, 0.25) is 27.7 Å². The van der Waals surface area contributed by atoms with E-state index in [1.165, 1.54) is 17.0 Å². The summed E-state index contributed by atoms with van der Waals surface area (Å²) in [6, 6.07) is 4.56. The number of amides is 3. The number of aromatic nitrogens is 3. The SMILES string of the molecule is CC(C)(C)[C@@H](C(=O)N1C[C@H](O)C[C@H]1C(=O)NCc1cccc(S(=O)(=O)N2CCNC(=O)C2)c1)n1cc(C2CC2)nn1. The number of carbonyl (C=O) groups is 3. The van der Waals surface area contributed by atoms with Gasteiger partial charge in [-0.1, -0.05) is 38.1 Å². The second-order valence-electron chi connectivity index (χ2n) is 12.1.